The molecule has 1 aromatic rings. The largest absolute Gasteiger partial charge is 0.480 e. The number of nitrogens with zero attached hydrogens (tertiary/aromatic N) is 1. The maximum Gasteiger partial charge on any atom is 0.322 e. The summed E-state index contributed by atoms with van der Waals surface area (Å²) in [5, 5.41) is 13.4. The molecule has 0 aliphatic carbocycles. The van der Waals surface area contributed by atoms with Gasteiger partial charge in [-0.15, -0.1) is 0 Å². The van der Waals surface area contributed by atoms with Crippen molar-refractivity contribution in [2.24, 2.45) is 0 Å². The number of halogens is 1. The lowest BCUT2D eigenvalue weighted by Crippen LogP contribution is -2.39. The van der Waals surface area contributed by atoms with E-state index in [9.17, 15) is 14.4 Å². The first-order valence-corrected chi connectivity index (χ1v) is 6.33. The fourth-order valence-corrected chi connectivity index (χ4v) is 1.75. The van der Waals surface area contributed by atoms with Crippen LogP contribution in [-0.2, 0) is 9.59 Å². The molecule has 1 heterocycles. The molecule has 0 bridgehead atoms. The van der Waals surface area contributed by atoms with Crippen molar-refractivity contribution in [2.45, 2.75) is 19.9 Å². The Hall–Kier alpha value is -2.02. The standard InChI is InChI=1S/C12H16ClN3O4/c1-7(2)16-6-8(13)3-9(16)12(20)15-4-10(17)14-5-11(18)19/h3,6-7H,4-5H2,1-2H3,(H,14,17)(H,15,20)(H,18,19). The number of carboxylic acids is 1. The van der Waals surface area contributed by atoms with Gasteiger partial charge in [-0.1, -0.05) is 11.6 Å². The van der Waals surface area contributed by atoms with Crippen molar-refractivity contribution in [1.29, 1.82) is 0 Å². The SMILES string of the molecule is CC(C)n1cc(Cl)cc1C(=O)NCC(=O)NCC(=O)O. The van der Waals surface area contributed by atoms with E-state index in [1.165, 1.54) is 6.07 Å². The highest BCUT2D eigenvalue weighted by atomic mass is 35.5. The van der Waals surface area contributed by atoms with Crippen LogP contribution in [0.4, 0.5) is 0 Å². The summed E-state index contributed by atoms with van der Waals surface area (Å²) in [7, 11) is 0. The number of amides is 2. The minimum absolute atomic E-state index is 0.0455. The number of carbonyl (C=O) groups is 3. The molecule has 0 saturated heterocycles. The summed E-state index contributed by atoms with van der Waals surface area (Å²) in [6.07, 6.45) is 1.63. The second-order valence-electron chi connectivity index (χ2n) is 4.40. The highest BCUT2D eigenvalue weighted by molar-refractivity contribution is 6.31. The summed E-state index contributed by atoms with van der Waals surface area (Å²) in [5.41, 5.74) is 0.344. The van der Waals surface area contributed by atoms with Gasteiger partial charge in [-0.2, -0.15) is 0 Å². The third-order valence-electron chi connectivity index (χ3n) is 2.45. The van der Waals surface area contributed by atoms with Crippen LogP contribution in [0.1, 0.15) is 30.4 Å². The van der Waals surface area contributed by atoms with Crippen LogP contribution in [-0.4, -0.2) is 40.5 Å². The molecule has 3 N–H and O–H groups in total. The summed E-state index contributed by atoms with van der Waals surface area (Å²) in [5.74, 6) is -2.17. The van der Waals surface area contributed by atoms with E-state index in [-0.39, 0.29) is 12.6 Å². The molecule has 8 heteroatoms. The number of hydrogen-bond donors (Lipinski definition) is 3. The Morgan fingerprint density at radius 3 is 2.50 bits per heavy atom. The van der Waals surface area contributed by atoms with E-state index in [4.69, 9.17) is 16.7 Å². The van der Waals surface area contributed by atoms with Gasteiger partial charge in [-0.3, -0.25) is 14.4 Å². The first kappa shape index (κ1) is 16.0. The Morgan fingerprint density at radius 2 is 1.95 bits per heavy atom. The number of aromatic nitrogens is 1. The van der Waals surface area contributed by atoms with Crippen molar-refractivity contribution in [1.82, 2.24) is 15.2 Å². The van der Waals surface area contributed by atoms with Crippen LogP contribution < -0.4 is 10.6 Å². The Kier molecular flexibility index (Phi) is 5.57. The second kappa shape index (κ2) is 6.95. The smallest absolute Gasteiger partial charge is 0.322 e. The molecule has 0 saturated carbocycles. The third kappa shape index (κ3) is 4.58. The Labute approximate surface area is 120 Å². The molecular weight excluding hydrogens is 286 g/mol. The van der Waals surface area contributed by atoms with E-state index in [2.05, 4.69) is 10.6 Å². The summed E-state index contributed by atoms with van der Waals surface area (Å²) < 4.78 is 1.69. The molecular formula is C12H16ClN3O4. The van der Waals surface area contributed by atoms with E-state index < -0.39 is 24.3 Å². The fraction of sp³-hybridized carbons (Fsp3) is 0.417. The third-order valence-corrected chi connectivity index (χ3v) is 2.66. The zero-order chi connectivity index (χ0) is 15.3. The molecule has 1 aromatic heterocycles. The molecule has 0 atom stereocenters. The Morgan fingerprint density at radius 1 is 1.30 bits per heavy atom. The first-order valence-electron chi connectivity index (χ1n) is 5.95. The zero-order valence-electron chi connectivity index (χ0n) is 11.1. The number of rotatable bonds is 6. The van der Waals surface area contributed by atoms with Crippen molar-refractivity contribution < 1.29 is 19.5 Å². The van der Waals surface area contributed by atoms with Gasteiger partial charge in [0, 0.05) is 12.2 Å². The second-order valence-corrected chi connectivity index (χ2v) is 4.83. The average Bonchev–Trinajstić information content (AvgIpc) is 2.75. The normalized spacial score (nSPS) is 10.4. The minimum atomic E-state index is -1.15. The molecule has 0 unspecified atom stereocenters. The first-order chi connectivity index (χ1) is 9.31. The summed E-state index contributed by atoms with van der Waals surface area (Å²) >= 11 is 5.86. The summed E-state index contributed by atoms with van der Waals surface area (Å²) in [6, 6.07) is 1.55. The predicted octanol–water partition coefficient (Wildman–Crippen LogP) is 0.653. The number of carbonyl (C=O) groups excluding carboxylic acids is 2. The van der Waals surface area contributed by atoms with Gasteiger partial charge in [-0.05, 0) is 19.9 Å². The summed E-state index contributed by atoms with van der Waals surface area (Å²) in [4.78, 5) is 33.5. The molecule has 110 valence electrons. The number of nitrogens with one attached hydrogen (secondary N) is 2. The highest BCUT2D eigenvalue weighted by Gasteiger charge is 2.15. The van der Waals surface area contributed by atoms with Crippen LogP contribution in [0.5, 0.6) is 0 Å². The quantitative estimate of drug-likeness (QED) is 0.718. The Balaban J connectivity index is 2.59. The number of aliphatic carboxylic acids is 1. The lowest BCUT2D eigenvalue weighted by Gasteiger charge is -2.12. The van der Waals surface area contributed by atoms with E-state index in [0.717, 1.165) is 0 Å². The van der Waals surface area contributed by atoms with Crippen molar-refractivity contribution in [2.75, 3.05) is 13.1 Å². The molecule has 0 fully saturated rings. The van der Waals surface area contributed by atoms with Gasteiger partial charge in [0.2, 0.25) is 5.91 Å². The average molecular weight is 302 g/mol. The van der Waals surface area contributed by atoms with Crippen LogP contribution in [0.25, 0.3) is 0 Å². The van der Waals surface area contributed by atoms with E-state index in [1.807, 2.05) is 13.8 Å². The van der Waals surface area contributed by atoms with E-state index >= 15 is 0 Å². The molecule has 0 aromatic carbocycles. The van der Waals surface area contributed by atoms with Crippen molar-refractivity contribution in [3.63, 3.8) is 0 Å². The summed E-state index contributed by atoms with van der Waals surface area (Å²) in [6.45, 7) is 3.01. The Bertz CT molecular complexity index is 525. The van der Waals surface area contributed by atoms with Crippen molar-refractivity contribution >= 4 is 29.4 Å². The van der Waals surface area contributed by atoms with Gasteiger partial charge in [-0.25, -0.2) is 0 Å². The molecule has 1 rings (SSSR count). The molecule has 7 nitrogen and oxygen atoms in total. The monoisotopic (exact) mass is 301 g/mol. The van der Waals surface area contributed by atoms with Gasteiger partial charge >= 0.3 is 5.97 Å². The molecule has 20 heavy (non-hydrogen) atoms. The molecule has 0 aliphatic rings. The van der Waals surface area contributed by atoms with Gasteiger partial charge < -0.3 is 20.3 Å². The minimum Gasteiger partial charge on any atom is -0.480 e. The van der Waals surface area contributed by atoms with Crippen LogP contribution in [0, 0.1) is 0 Å². The predicted molar refractivity (Wildman–Crippen MR) is 72.8 cm³/mol. The zero-order valence-corrected chi connectivity index (χ0v) is 11.9. The molecule has 2 amide bonds. The van der Waals surface area contributed by atoms with Gasteiger partial charge in [0.05, 0.1) is 11.6 Å². The lowest BCUT2D eigenvalue weighted by atomic mass is 10.3. The van der Waals surface area contributed by atoms with Crippen LogP contribution in [0.2, 0.25) is 5.02 Å². The van der Waals surface area contributed by atoms with Crippen LogP contribution in [0.3, 0.4) is 0 Å². The maximum atomic E-state index is 11.9. The molecule has 0 radical (unpaired) electrons. The van der Waals surface area contributed by atoms with Gasteiger partial charge in [0.25, 0.3) is 5.91 Å². The van der Waals surface area contributed by atoms with Gasteiger partial charge in [0.1, 0.15) is 12.2 Å². The maximum absolute atomic E-state index is 11.9. The topological polar surface area (TPSA) is 100 Å². The van der Waals surface area contributed by atoms with Gasteiger partial charge in [0.15, 0.2) is 0 Å². The van der Waals surface area contributed by atoms with Crippen molar-refractivity contribution in [3.05, 3.63) is 23.0 Å². The van der Waals surface area contributed by atoms with E-state index in [0.29, 0.717) is 10.7 Å². The van der Waals surface area contributed by atoms with E-state index in [1.54, 1.807) is 10.8 Å². The lowest BCUT2D eigenvalue weighted by molar-refractivity contribution is -0.137. The highest BCUT2D eigenvalue weighted by Crippen LogP contribution is 2.18. The molecule has 0 spiro atoms. The van der Waals surface area contributed by atoms with Crippen molar-refractivity contribution in [3.8, 4) is 0 Å². The fourth-order valence-electron chi connectivity index (χ4n) is 1.54. The number of hydrogen-bond acceptors (Lipinski definition) is 3. The van der Waals surface area contributed by atoms with Crippen LogP contribution in [0.15, 0.2) is 12.3 Å². The number of carboxylic acid groups (broad SMARTS) is 1. The molecule has 0 aliphatic heterocycles. The van der Waals surface area contributed by atoms with Crippen LogP contribution >= 0.6 is 11.6 Å².